The van der Waals surface area contributed by atoms with E-state index < -0.39 is 0 Å². The number of nitrogens with one attached hydrogen (secondary N) is 1. The maximum atomic E-state index is 12.9. The highest BCUT2D eigenvalue weighted by atomic mass is 16.2. The molecule has 2 saturated carbocycles. The Morgan fingerprint density at radius 1 is 0.852 bits per heavy atom. The average molecular weight is 360 g/mol. The summed E-state index contributed by atoms with van der Waals surface area (Å²) in [6.45, 7) is 0. The monoisotopic (exact) mass is 360 g/mol. The summed E-state index contributed by atoms with van der Waals surface area (Å²) in [5, 5.41) is 2.84. The Kier molecular flexibility index (Phi) is 3.64. The van der Waals surface area contributed by atoms with Crippen LogP contribution < -0.4 is 10.2 Å². The van der Waals surface area contributed by atoms with Crippen LogP contribution in [0.4, 0.5) is 11.4 Å². The van der Waals surface area contributed by atoms with E-state index in [1.54, 1.807) is 36.4 Å². The van der Waals surface area contributed by atoms with Gasteiger partial charge in [0.2, 0.25) is 11.8 Å². The maximum absolute atomic E-state index is 12.9. The van der Waals surface area contributed by atoms with Crippen LogP contribution in [0, 0.1) is 23.7 Å². The molecule has 1 aliphatic heterocycles. The lowest BCUT2D eigenvalue weighted by Gasteiger charge is -2.19. The Hall–Kier alpha value is -2.95. The molecule has 5 heteroatoms. The summed E-state index contributed by atoms with van der Waals surface area (Å²) in [6, 6.07) is 15.9. The molecule has 4 atom stereocenters. The first kappa shape index (κ1) is 16.2. The lowest BCUT2D eigenvalue weighted by atomic mass is 9.81. The van der Waals surface area contributed by atoms with Crippen LogP contribution in [0.1, 0.15) is 29.6 Å². The Bertz CT molecular complexity index is 894. The van der Waals surface area contributed by atoms with Crippen molar-refractivity contribution < 1.29 is 14.4 Å². The van der Waals surface area contributed by atoms with Crippen molar-refractivity contribution in [3.05, 3.63) is 60.2 Å². The van der Waals surface area contributed by atoms with E-state index in [1.807, 2.05) is 18.2 Å². The third kappa shape index (κ3) is 2.49. The number of carbonyl (C=O) groups is 3. The first-order valence-corrected chi connectivity index (χ1v) is 9.48. The molecule has 0 spiro atoms. The van der Waals surface area contributed by atoms with Gasteiger partial charge in [-0.15, -0.1) is 0 Å². The molecule has 0 aromatic heterocycles. The van der Waals surface area contributed by atoms with E-state index in [9.17, 15) is 14.4 Å². The van der Waals surface area contributed by atoms with Gasteiger partial charge in [-0.2, -0.15) is 0 Å². The Morgan fingerprint density at radius 2 is 1.44 bits per heavy atom. The van der Waals surface area contributed by atoms with Crippen molar-refractivity contribution in [2.75, 3.05) is 10.2 Å². The molecule has 3 aliphatic rings. The van der Waals surface area contributed by atoms with Crippen LogP contribution in [-0.4, -0.2) is 17.7 Å². The zero-order valence-electron chi connectivity index (χ0n) is 14.8. The summed E-state index contributed by atoms with van der Waals surface area (Å²) in [5.74, 6) is 0.249. The van der Waals surface area contributed by atoms with Crippen LogP contribution in [0.2, 0.25) is 0 Å². The predicted octanol–water partition coefficient (Wildman–Crippen LogP) is 3.47. The van der Waals surface area contributed by atoms with Gasteiger partial charge in [0.25, 0.3) is 5.91 Å². The molecule has 2 aromatic rings. The zero-order valence-corrected chi connectivity index (χ0v) is 14.8. The fourth-order valence-electron chi connectivity index (χ4n) is 5.15. The molecule has 27 heavy (non-hydrogen) atoms. The highest BCUT2D eigenvalue weighted by Crippen LogP contribution is 2.56. The highest BCUT2D eigenvalue weighted by molar-refractivity contribution is 6.22. The normalized spacial score (nSPS) is 28.5. The summed E-state index contributed by atoms with van der Waals surface area (Å²) < 4.78 is 0. The number of amides is 3. The minimum absolute atomic E-state index is 0.0433. The molecule has 2 aliphatic carbocycles. The fourth-order valence-corrected chi connectivity index (χ4v) is 5.15. The van der Waals surface area contributed by atoms with E-state index in [2.05, 4.69) is 5.32 Å². The van der Waals surface area contributed by atoms with E-state index in [1.165, 1.54) is 4.90 Å². The predicted molar refractivity (Wildman–Crippen MR) is 101 cm³/mol. The first-order valence-electron chi connectivity index (χ1n) is 9.48. The zero-order chi connectivity index (χ0) is 18.5. The van der Waals surface area contributed by atoms with E-state index in [-0.39, 0.29) is 29.6 Å². The lowest BCUT2D eigenvalue weighted by Crippen LogP contribution is -2.32. The quantitative estimate of drug-likeness (QED) is 0.852. The smallest absolute Gasteiger partial charge is 0.255 e. The van der Waals surface area contributed by atoms with Crippen molar-refractivity contribution >= 4 is 29.1 Å². The van der Waals surface area contributed by atoms with Crippen LogP contribution in [-0.2, 0) is 9.59 Å². The number of benzene rings is 2. The van der Waals surface area contributed by atoms with Crippen LogP contribution in [0.15, 0.2) is 54.6 Å². The van der Waals surface area contributed by atoms with E-state index in [0.717, 1.165) is 19.3 Å². The first-order chi connectivity index (χ1) is 13.1. The van der Waals surface area contributed by atoms with Gasteiger partial charge >= 0.3 is 0 Å². The number of rotatable bonds is 3. The van der Waals surface area contributed by atoms with Crippen LogP contribution in [0.25, 0.3) is 0 Å². The minimum Gasteiger partial charge on any atom is -0.322 e. The second-order valence-corrected chi connectivity index (χ2v) is 7.76. The summed E-state index contributed by atoms with van der Waals surface area (Å²) in [6.07, 6.45) is 3.18. The molecule has 3 amide bonds. The number of anilines is 2. The van der Waals surface area contributed by atoms with E-state index in [4.69, 9.17) is 0 Å². The second kappa shape index (κ2) is 6.05. The molecule has 5 nitrogen and oxygen atoms in total. The molecule has 0 radical (unpaired) electrons. The highest BCUT2D eigenvalue weighted by Gasteiger charge is 2.61. The maximum Gasteiger partial charge on any atom is 0.255 e. The van der Waals surface area contributed by atoms with Gasteiger partial charge in [-0.25, -0.2) is 0 Å². The second-order valence-electron chi connectivity index (χ2n) is 7.76. The topological polar surface area (TPSA) is 66.5 Å². The molecule has 1 N–H and O–H groups in total. The number of fused-ring (bicyclic) bond motifs is 5. The molecule has 2 bridgehead atoms. The number of hydrogen-bond donors (Lipinski definition) is 1. The molecule has 1 heterocycles. The van der Waals surface area contributed by atoms with Crippen molar-refractivity contribution in [3.8, 4) is 0 Å². The molecule has 136 valence electrons. The number of carbonyl (C=O) groups excluding carboxylic acids is 3. The number of hydrogen-bond acceptors (Lipinski definition) is 3. The number of imide groups is 1. The summed E-state index contributed by atoms with van der Waals surface area (Å²) >= 11 is 0. The van der Waals surface area contributed by atoms with Gasteiger partial charge in [-0.05, 0) is 67.5 Å². The van der Waals surface area contributed by atoms with Crippen molar-refractivity contribution in [2.45, 2.75) is 19.3 Å². The van der Waals surface area contributed by atoms with Gasteiger partial charge in [0.1, 0.15) is 0 Å². The standard InChI is InChI=1S/C22H20N2O3/c25-20(13-4-2-1-3-5-13)23-16-8-10-17(11-9-16)24-21(26)18-14-6-7-15(12-14)19(18)22(24)27/h1-5,8-11,14-15,18-19H,6-7,12H2,(H,23,25)/t14-,15-,18-,19-/m0/s1. The van der Waals surface area contributed by atoms with Gasteiger partial charge < -0.3 is 5.32 Å². The summed E-state index contributed by atoms with van der Waals surface area (Å²) in [4.78, 5) is 39.3. The number of nitrogens with zero attached hydrogens (tertiary/aromatic N) is 1. The molecular weight excluding hydrogens is 340 g/mol. The Labute approximate surface area is 157 Å². The van der Waals surface area contributed by atoms with Crippen molar-refractivity contribution in [3.63, 3.8) is 0 Å². The van der Waals surface area contributed by atoms with Crippen molar-refractivity contribution in [1.82, 2.24) is 0 Å². The van der Waals surface area contributed by atoms with Gasteiger partial charge in [0.05, 0.1) is 17.5 Å². The van der Waals surface area contributed by atoms with Gasteiger partial charge in [0.15, 0.2) is 0 Å². The lowest BCUT2D eigenvalue weighted by molar-refractivity contribution is -0.123. The van der Waals surface area contributed by atoms with Crippen LogP contribution in [0.5, 0.6) is 0 Å². The summed E-state index contributed by atoms with van der Waals surface area (Å²) in [7, 11) is 0. The van der Waals surface area contributed by atoms with Crippen molar-refractivity contribution in [2.24, 2.45) is 23.7 Å². The van der Waals surface area contributed by atoms with Crippen molar-refractivity contribution in [1.29, 1.82) is 0 Å². The molecule has 0 unspecified atom stereocenters. The molecule has 1 saturated heterocycles. The average Bonchev–Trinajstić information content (AvgIpc) is 3.37. The molecule has 2 aromatic carbocycles. The van der Waals surface area contributed by atoms with Gasteiger partial charge in [-0.1, -0.05) is 18.2 Å². The van der Waals surface area contributed by atoms with Gasteiger partial charge in [0, 0.05) is 11.3 Å². The molecular formula is C22H20N2O3. The fraction of sp³-hybridized carbons (Fsp3) is 0.318. The summed E-state index contributed by atoms with van der Waals surface area (Å²) in [5.41, 5.74) is 1.80. The minimum atomic E-state index is -0.192. The third-order valence-corrected chi connectivity index (χ3v) is 6.35. The molecule has 3 fully saturated rings. The third-order valence-electron chi connectivity index (χ3n) is 6.35. The van der Waals surface area contributed by atoms with Gasteiger partial charge in [-0.3, -0.25) is 19.3 Å². The Morgan fingerprint density at radius 3 is 2.04 bits per heavy atom. The molecule has 5 rings (SSSR count). The SMILES string of the molecule is O=C(Nc1ccc(N2C(=O)[C@H]3[C@H]4CC[C@@H](C4)[C@@H]3C2=O)cc1)c1ccccc1. The van der Waals surface area contributed by atoms with Crippen LogP contribution >= 0.6 is 0 Å². The van der Waals surface area contributed by atoms with E-state index >= 15 is 0 Å². The largest absolute Gasteiger partial charge is 0.322 e. The van der Waals surface area contributed by atoms with E-state index in [0.29, 0.717) is 28.8 Å². The van der Waals surface area contributed by atoms with Crippen LogP contribution in [0.3, 0.4) is 0 Å². The Balaban J connectivity index is 1.34.